The Balaban J connectivity index is 0.000000757. The van der Waals surface area contributed by atoms with Crippen molar-refractivity contribution in [1.82, 2.24) is 14.7 Å². The van der Waals surface area contributed by atoms with Crippen molar-refractivity contribution in [1.29, 1.82) is 0 Å². The van der Waals surface area contributed by atoms with Gasteiger partial charge in [0.25, 0.3) is 19.1 Å². The van der Waals surface area contributed by atoms with E-state index in [1.165, 1.54) is 50.6 Å². The minimum absolute atomic E-state index is 0. The van der Waals surface area contributed by atoms with Gasteiger partial charge in [0.2, 0.25) is 11.9 Å². The van der Waals surface area contributed by atoms with Crippen LogP contribution in [0.15, 0.2) is 78.5 Å². The first kappa shape index (κ1) is 48.0. The van der Waals surface area contributed by atoms with Crippen LogP contribution < -0.4 is 19.9 Å². The molecular formula is C31H48Cl4N8O6S2. The lowest BCUT2D eigenvalue weighted by atomic mass is 10.1. The summed E-state index contributed by atoms with van der Waals surface area (Å²) in [6, 6.07) is 12.0. The molecule has 2 aromatic rings. The van der Waals surface area contributed by atoms with Crippen LogP contribution in [-0.2, 0) is 19.1 Å². The fourth-order valence-corrected chi connectivity index (χ4v) is 5.77. The van der Waals surface area contributed by atoms with E-state index in [4.69, 9.17) is 49.1 Å². The molecule has 2 aromatic carbocycles. The monoisotopic (exact) mass is 832 g/mol. The van der Waals surface area contributed by atoms with Gasteiger partial charge in [-0.05, 0) is 75.2 Å². The molecule has 0 saturated carbocycles. The summed E-state index contributed by atoms with van der Waals surface area (Å²) in [5.41, 5.74) is 5.67. The van der Waals surface area contributed by atoms with E-state index in [1.54, 1.807) is 22.2 Å². The fourth-order valence-electron chi connectivity index (χ4n) is 3.98. The van der Waals surface area contributed by atoms with Gasteiger partial charge in [-0.25, -0.2) is 31.6 Å². The molecule has 20 heteroatoms. The van der Waals surface area contributed by atoms with Crippen molar-refractivity contribution < 1.29 is 26.3 Å². The molecule has 4 rings (SSSR count). The molecule has 3 N–H and O–H groups in total. The number of rotatable bonds is 9. The van der Waals surface area contributed by atoms with Crippen molar-refractivity contribution >= 4 is 89.7 Å². The molecule has 288 valence electrons. The van der Waals surface area contributed by atoms with Gasteiger partial charge in [0.05, 0.1) is 42.4 Å². The first-order valence-corrected chi connectivity index (χ1v) is 20.4. The van der Waals surface area contributed by atoms with Gasteiger partial charge >= 0.3 is 0 Å². The summed E-state index contributed by atoms with van der Waals surface area (Å²) in [4.78, 5) is 8.54. The molecule has 0 amide bonds. The number of sulfonamides is 1. The van der Waals surface area contributed by atoms with E-state index in [0.29, 0.717) is 48.9 Å². The summed E-state index contributed by atoms with van der Waals surface area (Å²) < 4.78 is 59.0. The smallest absolute Gasteiger partial charge is 0.264 e. The number of alkyl halides is 2. The molecule has 2 heterocycles. The van der Waals surface area contributed by atoms with Gasteiger partial charge in [0.15, 0.2) is 0 Å². The van der Waals surface area contributed by atoms with Crippen LogP contribution in [0.5, 0.6) is 11.5 Å². The standard InChI is InChI=1S/C15H22N4O3S.C8H16N4.C7H7ClO3S.CH2Cl2.ClH/c1-4-12-10-17-19(11-12)15(16-5-2)18-23(20,21)14-8-6-13(22-3)7-9-14;1-3-7-5-11-12(6-7)8(9)10-4-2;1-11-6-2-4-7(5-3-6)12(8,9)10;2-1-3;/h6-10,12H,4-5,11H2,1-3H3,(H,16,18);5,7H,3-4,6H2,1-2H3,(H2,9,10);2-5H,1H3;1H2;1H. The van der Waals surface area contributed by atoms with E-state index >= 15 is 0 Å². The van der Waals surface area contributed by atoms with Gasteiger partial charge in [-0.15, -0.1) is 35.6 Å². The molecular weight excluding hydrogens is 786 g/mol. The number of ether oxygens (including phenoxy) is 2. The number of nitrogens with zero attached hydrogens (tertiary/aromatic N) is 6. The molecule has 14 nitrogen and oxygen atoms in total. The minimum Gasteiger partial charge on any atom is -0.497 e. The fraction of sp³-hybridized carbons (Fsp3) is 0.484. The number of nitrogens with one attached hydrogen (secondary N) is 1. The van der Waals surface area contributed by atoms with E-state index in [1.807, 2.05) is 26.3 Å². The summed E-state index contributed by atoms with van der Waals surface area (Å²) in [5.74, 6) is 2.82. The molecule has 0 bridgehead atoms. The van der Waals surface area contributed by atoms with E-state index in [-0.39, 0.29) is 33.5 Å². The largest absolute Gasteiger partial charge is 0.497 e. The molecule has 2 aliphatic heterocycles. The molecule has 51 heavy (non-hydrogen) atoms. The van der Waals surface area contributed by atoms with Crippen molar-refractivity contribution in [2.75, 3.05) is 45.7 Å². The lowest BCUT2D eigenvalue weighted by molar-refractivity contribution is 0.414. The average molecular weight is 835 g/mol. The number of hydrogen-bond donors (Lipinski definition) is 2. The Hall–Kier alpha value is -3.02. The summed E-state index contributed by atoms with van der Waals surface area (Å²) in [6.07, 6.45) is 5.83. The Labute approximate surface area is 323 Å². The zero-order chi connectivity index (χ0) is 37.7. The SMILES string of the molecule is CCN=C(N)N1CC(CC)C=N1.CCN=C(NS(=O)(=O)c1ccc(OC)cc1)N1CC(CC)C=N1.COc1ccc(S(=O)(=O)Cl)cc1.Cl.ClCCl. The first-order chi connectivity index (χ1) is 23.7. The van der Waals surface area contributed by atoms with Crippen molar-refractivity contribution in [3.8, 4) is 11.5 Å². The molecule has 0 aliphatic carbocycles. The molecule has 0 spiro atoms. The number of nitrogens with two attached hydrogens (primary N) is 1. The van der Waals surface area contributed by atoms with Gasteiger partial charge in [-0.1, -0.05) is 13.8 Å². The number of guanidine groups is 2. The average Bonchev–Trinajstić information content (AvgIpc) is 3.79. The number of hydrogen-bond acceptors (Lipinski definition) is 10. The zero-order valence-corrected chi connectivity index (χ0v) is 34.2. The number of aliphatic imine (C=N–C) groups is 2. The number of halogens is 4. The zero-order valence-electron chi connectivity index (χ0n) is 29.4. The third kappa shape index (κ3) is 17.4. The maximum atomic E-state index is 12.5. The molecule has 0 aromatic heterocycles. The Kier molecular flexibility index (Phi) is 23.6. The van der Waals surface area contributed by atoms with Crippen LogP contribution in [0.3, 0.4) is 0 Å². The van der Waals surface area contributed by atoms with E-state index in [9.17, 15) is 16.8 Å². The number of benzene rings is 2. The van der Waals surface area contributed by atoms with Gasteiger partial charge in [0.1, 0.15) is 11.5 Å². The lowest BCUT2D eigenvalue weighted by Gasteiger charge is -2.19. The molecule has 2 aliphatic rings. The highest BCUT2D eigenvalue weighted by atomic mass is 35.7. The Bertz CT molecular complexity index is 1630. The van der Waals surface area contributed by atoms with E-state index in [2.05, 4.69) is 38.8 Å². The Morgan fingerprint density at radius 3 is 1.59 bits per heavy atom. The van der Waals surface area contributed by atoms with Crippen molar-refractivity contribution in [2.24, 2.45) is 37.8 Å². The molecule has 0 radical (unpaired) electrons. The number of methoxy groups -OCH3 is 2. The molecule has 0 saturated heterocycles. The highest BCUT2D eigenvalue weighted by Gasteiger charge is 2.25. The van der Waals surface area contributed by atoms with Crippen LogP contribution in [0.1, 0.15) is 40.5 Å². The second kappa shape index (κ2) is 25.0. The van der Waals surface area contributed by atoms with Gasteiger partial charge in [-0.2, -0.15) is 10.2 Å². The summed E-state index contributed by atoms with van der Waals surface area (Å²) in [7, 11) is 0.789. The summed E-state index contributed by atoms with van der Waals surface area (Å²) in [5, 5.41) is 12.0. The highest BCUT2D eigenvalue weighted by Crippen LogP contribution is 2.19. The van der Waals surface area contributed by atoms with E-state index < -0.39 is 19.1 Å². The maximum absolute atomic E-state index is 12.5. The summed E-state index contributed by atoms with van der Waals surface area (Å²) in [6.45, 7) is 10.7. The molecule has 2 atom stereocenters. The predicted molar refractivity (Wildman–Crippen MR) is 211 cm³/mol. The molecule has 2 unspecified atom stereocenters. The highest BCUT2D eigenvalue weighted by molar-refractivity contribution is 8.13. The van der Waals surface area contributed by atoms with Crippen LogP contribution in [0, 0.1) is 11.8 Å². The maximum Gasteiger partial charge on any atom is 0.264 e. The van der Waals surface area contributed by atoms with Crippen LogP contribution in [-0.4, -0.2) is 96.9 Å². The van der Waals surface area contributed by atoms with Crippen molar-refractivity contribution in [3.63, 3.8) is 0 Å². The number of hydrazone groups is 2. The van der Waals surface area contributed by atoms with Gasteiger partial charge < -0.3 is 15.2 Å². The topological polar surface area (TPSA) is 181 Å². The van der Waals surface area contributed by atoms with Crippen LogP contribution in [0.25, 0.3) is 0 Å². The predicted octanol–water partition coefficient (Wildman–Crippen LogP) is 5.79. The molecule has 0 fully saturated rings. The van der Waals surface area contributed by atoms with Gasteiger partial charge in [0, 0.05) is 48.0 Å². The van der Waals surface area contributed by atoms with E-state index in [0.717, 1.165) is 19.4 Å². The van der Waals surface area contributed by atoms with Crippen LogP contribution >= 0.6 is 46.3 Å². The minimum atomic E-state index is -3.72. The lowest BCUT2D eigenvalue weighted by Crippen LogP contribution is -2.41. The van der Waals surface area contributed by atoms with Crippen molar-refractivity contribution in [2.45, 2.75) is 50.3 Å². The second-order valence-corrected chi connectivity index (χ2v) is 15.2. The van der Waals surface area contributed by atoms with Crippen LogP contribution in [0.2, 0.25) is 0 Å². The third-order valence-corrected chi connectivity index (χ3v) is 9.48. The van der Waals surface area contributed by atoms with Crippen molar-refractivity contribution in [3.05, 3.63) is 48.5 Å². The Morgan fingerprint density at radius 2 is 1.22 bits per heavy atom. The van der Waals surface area contributed by atoms with Gasteiger partial charge in [-0.3, -0.25) is 9.98 Å². The third-order valence-electron chi connectivity index (χ3n) is 6.77. The second-order valence-electron chi connectivity index (χ2n) is 10.2. The van der Waals surface area contributed by atoms with Crippen LogP contribution in [0.4, 0.5) is 0 Å². The Morgan fingerprint density at radius 1 is 0.804 bits per heavy atom. The summed E-state index contributed by atoms with van der Waals surface area (Å²) >= 11 is 9.53. The normalized spacial score (nSPS) is 16.8. The first-order valence-electron chi connectivity index (χ1n) is 15.6. The quantitative estimate of drug-likeness (QED) is 0.137.